The first-order valence-corrected chi connectivity index (χ1v) is 12.7. The quantitative estimate of drug-likeness (QED) is 0.436. The summed E-state index contributed by atoms with van der Waals surface area (Å²) in [4.78, 5) is 27.3. The first-order chi connectivity index (χ1) is 17.2. The average molecular weight is 484 g/mol. The van der Waals surface area contributed by atoms with Crippen LogP contribution in [0.3, 0.4) is 0 Å². The van der Waals surface area contributed by atoms with Crippen LogP contribution in [0.2, 0.25) is 0 Å². The van der Waals surface area contributed by atoms with Gasteiger partial charge in [-0.2, -0.15) is 4.98 Å². The van der Waals surface area contributed by atoms with Crippen LogP contribution in [0.25, 0.3) is 16.7 Å². The summed E-state index contributed by atoms with van der Waals surface area (Å²) >= 11 is 0. The molecule has 0 radical (unpaired) electrons. The van der Waals surface area contributed by atoms with Crippen LogP contribution in [0.1, 0.15) is 70.3 Å². The van der Waals surface area contributed by atoms with E-state index in [0.717, 1.165) is 30.2 Å². The second-order valence-corrected chi connectivity index (χ2v) is 11.5. The predicted octanol–water partition coefficient (Wildman–Crippen LogP) is 4.73. The molecule has 0 atom stereocenters. The van der Waals surface area contributed by atoms with Crippen molar-refractivity contribution >= 4 is 22.7 Å². The molecule has 1 spiro atoms. The Bertz CT molecular complexity index is 1540. The van der Waals surface area contributed by atoms with Crippen molar-refractivity contribution in [3.8, 4) is 5.69 Å². The number of anilines is 2. The van der Waals surface area contributed by atoms with E-state index in [1.54, 1.807) is 17.1 Å². The van der Waals surface area contributed by atoms with Gasteiger partial charge in [-0.05, 0) is 62.1 Å². The van der Waals surface area contributed by atoms with Gasteiger partial charge in [-0.1, -0.05) is 26.8 Å². The Kier molecular flexibility index (Phi) is 5.09. The van der Waals surface area contributed by atoms with Crippen LogP contribution in [0, 0.1) is 0 Å². The van der Waals surface area contributed by atoms with Crippen molar-refractivity contribution in [3.63, 3.8) is 0 Å². The molecular formula is C28H33N7O. The number of nitrogens with one attached hydrogen (secondary N) is 2. The fraction of sp³-hybridized carbons (Fsp3) is 0.429. The third-order valence-corrected chi connectivity index (χ3v) is 7.43. The van der Waals surface area contributed by atoms with E-state index in [2.05, 4.69) is 59.6 Å². The molecule has 4 aromatic rings. The largest absolute Gasteiger partial charge is 0.324 e. The maximum atomic E-state index is 13.4. The molecule has 1 aromatic carbocycles. The van der Waals surface area contributed by atoms with Crippen molar-refractivity contribution in [2.75, 3.05) is 11.9 Å². The summed E-state index contributed by atoms with van der Waals surface area (Å²) in [6, 6.07) is 10.5. The van der Waals surface area contributed by atoms with E-state index in [-0.39, 0.29) is 17.0 Å². The van der Waals surface area contributed by atoms with Gasteiger partial charge in [0.1, 0.15) is 5.39 Å². The van der Waals surface area contributed by atoms with Gasteiger partial charge in [0.2, 0.25) is 5.95 Å². The van der Waals surface area contributed by atoms with E-state index in [9.17, 15) is 4.79 Å². The Morgan fingerprint density at radius 2 is 1.92 bits per heavy atom. The zero-order chi connectivity index (χ0) is 25.2. The lowest BCUT2D eigenvalue weighted by molar-refractivity contribution is 0.474. The maximum absolute atomic E-state index is 13.4. The van der Waals surface area contributed by atoms with Crippen LogP contribution in [-0.4, -0.2) is 30.9 Å². The van der Waals surface area contributed by atoms with Gasteiger partial charge in [-0.25, -0.2) is 14.3 Å². The lowest BCUT2D eigenvalue weighted by Crippen LogP contribution is -2.33. The average Bonchev–Trinajstić information content (AvgIpc) is 3.54. The molecule has 2 aliphatic rings. The Morgan fingerprint density at radius 3 is 2.64 bits per heavy atom. The predicted molar refractivity (Wildman–Crippen MR) is 142 cm³/mol. The summed E-state index contributed by atoms with van der Waals surface area (Å²) in [5.74, 6) is 0.465. The van der Waals surface area contributed by atoms with E-state index in [0.29, 0.717) is 22.4 Å². The molecule has 1 aliphatic carbocycles. The van der Waals surface area contributed by atoms with Crippen LogP contribution in [0.5, 0.6) is 0 Å². The molecule has 0 amide bonds. The molecule has 36 heavy (non-hydrogen) atoms. The number of benzene rings is 1. The Balaban J connectivity index is 1.44. The summed E-state index contributed by atoms with van der Waals surface area (Å²) in [5.41, 5.74) is 6.26. The number of pyridine rings is 1. The Labute approximate surface area is 210 Å². The van der Waals surface area contributed by atoms with Gasteiger partial charge in [-0.15, -0.1) is 0 Å². The highest BCUT2D eigenvalue weighted by molar-refractivity contribution is 5.77. The van der Waals surface area contributed by atoms with Gasteiger partial charge < -0.3 is 10.6 Å². The Hall–Kier alpha value is -3.52. The molecule has 0 unspecified atom stereocenters. The summed E-state index contributed by atoms with van der Waals surface area (Å²) in [6.45, 7) is 12.3. The standard InChI is InChI=1S/C28H33N7O/c1-17(2)34-25(36)21-15-31-26(32-19-6-7-22-18(12-19)14-29-16-28(22)9-10-28)33-24(21)35(34)20-8-11-30-23(13-20)27(3,4)5/h6-8,11-13,15,17,29H,9-10,14,16H2,1-5H3,(H,31,32,33). The van der Waals surface area contributed by atoms with E-state index in [1.165, 1.54) is 24.0 Å². The van der Waals surface area contributed by atoms with Crippen molar-refractivity contribution < 1.29 is 0 Å². The van der Waals surface area contributed by atoms with Gasteiger partial charge in [0, 0.05) is 53.7 Å². The molecule has 1 saturated carbocycles. The summed E-state index contributed by atoms with van der Waals surface area (Å²) in [6.07, 6.45) is 5.95. The highest BCUT2D eigenvalue weighted by atomic mass is 16.1. The molecule has 0 bridgehead atoms. The number of fused-ring (bicyclic) bond motifs is 3. The van der Waals surface area contributed by atoms with Crippen molar-refractivity contribution in [3.05, 3.63) is 69.9 Å². The molecule has 8 heteroatoms. The number of rotatable bonds is 4. The lowest BCUT2D eigenvalue weighted by Gasteiger charge is -2.26. The van der Waals surface area contributed by atoms with Crippen molar-refractivity contribution in [2.24, 2.45) is 0 Å². The lowest BCUT2D eigenvalue weighted by atomic mass is 9.88. The number of hydrogen-bond acceptors (Lipinski definition) is 6. The number of hydrogen-bond donors (Lipinski definition) is 2. The number of nitrogens with zero attached hydrogens (tertiary/aromatic N) is 5. The molecule has 1 fully saturated rings. The van der Waals surface area contributed by atoms with Crippen LogP contribution >= 0.6 is 0 Å². The smallest absolute Gasteiger partial charge is 0.278 e. The zero-order valence-corrected chi connectivity index (χ0v) is 21.6. The minimum atomic E-state index is -0.121. The first kappa shape index (κ1) is 22.9. The fourth-order valence-corrected chi connectivity index (χ4v) is 5.33. The second kappa shape index (κ2) is 8.00. The van der Waals surface area contributed by atoms with E-state index >= 15 is 0 Å². The molecule has 3 aromatic heterocycles. The molecule has 4 heterocycles. The summed E-state index contributed by atoms with van der Waals surface area (Å²) in [7, 11) is 0. The fourth-order valence-electron chi connectivity index (χ4n) is 5.33. The molecular weight excluding hydrogens is 450 g/mol. The van der Waals surface area contributed by atoms with Crippen molar-refractivity contribution in [2.45, 2.75) is 70.9 Å². The van der Waals surface area contributed by atoms with Crippen LogP contribution in [0.15, 0.2) is 47.5 Å². The van der Waals surface area contributed by atoms with Gasteiger partial charge in [0.15, 0.2) is 5.65 Å². The third-order valence-electron chi connectivity index (χ3n) is 7.43. The van der Waals surface area contributed by atoms with Crippen LogP contribution in [-0.2, 0) is 17.4 Å². The summed E-state index contributed by atoms with van der Waals surface area (Å²) < 4.78 is 3.64. The van der Waals surface area contributed by atoms with E-state index in [4.69, 9.17) is 4.98 Å². The minimum absolute atomic E-state index is 0.0581. The molecule has 2 N–H and O–H groups in total. The number of aromatic nitrogens is 5. The van der Waals surface area contributed by atoms with Crippen LogP contribution in [0.4, 0.5) is 11.6 Å². The van der Waals surface area contributed by atoms with Crippen molar-refractivity contribution in [1.29, 1.82) is 0 Å². The monoisotopic (exact) mass is 483 g/mol. The minimum Gasteiger partial charge on any atom is -0.324 e. The highest BCUT2D eigenvalue weighted by Gasteiger charge is 2.46. The highest BCUT2D eigenvalue weighted by Crippen LogP contribution is 2.50. The van der Waals surface area contributed by atoms with E-state index in [1.807, 2.05) is 30.7 Å². The second-order valence-electron chi connectivity index (χ2n) is 11.5. The normalized spacial score (nSPS) is 16.5. The first-order valence-electron chi connectivity index (χ1n) is 12.7. The third kappa shape index (κ3) is 3.71. The van der Waals surface area contributed by atoms with Gasteiger partial charge in [0.05, 0.1) is 5.69 Å². The molecule has 1 aliphatic heterocycles. The summed E-state index contributed by atoms with van der Waals surface area (Å²) in [5, 5.41) is 7.44. The van der Waals surface area contributed by atoms with Gasteiger partial charge in [0.25, 0.3) is 5.56 Å². The van der Waals surface area contributed by atoms with Gasteiger partial charge >= 0.3 is 0 Å². The Morgan fingerprint density at radius 1 is 1.11 bits per heavy atom. The SMILES string of the molecule is CC(C)n1c(=O)c2cnc(Nc3ccc4c(c3)CNCC43CC3)nc2n1-c1ccnc(C(C)(C)C)c1. The van der Waals surface area contributed by atoms with Crippen LogP contribution < -0.4 is 16.2 Å². The molecule has 6 rings (SSSR count). The topological polar surface area (TPSA) is 89.7 Å². The molecule has 186 valence electrons. The van der Waals surface area contributed by atoms with Crippen molar-refractivity contribution in [1.82, 2.24) is 29.6 Å². The zero-order valence-electron chi connectivity index (χ0n) is 21.6. The van der Waals surface area contributed by atoms with E-state index < -0.39 is 0 Å². The maximum Gasteiger partial charge on any atom is 0.278 e. The molecule has 0 saturated heterocycles. The van der Waals surface area contributed by atoms with Gasteiger partial charge in [-0.3, -0.25) is 9.78 Å². The molecule has 8 nitrogen and oxygen atoms in total.